The van der Waals surface area contributed by atoms with Gasteiger partial charge in [-0.25, -0.2) is 0 Å². The quantitative estimate of drug-likeness (QED) is 0.0373. The lowest BCUT2D eigenvalue weighted by molar-refractivity contribution is -0.161. The van der Waals surface area contributed by atoms with Gasteiger partial charge in [0.05, 0.1) is 6.61 Å². The molecule has 0 saturated heterocycles. The predicted molar refractivity (Wildman–Crippen MR) is 417 cm³/mol. The molecule has 0 aromatic rings. The molecule has 0 aliphatic carbocycles. The average molecular weight is 1310 g/mol. The number of hydrogen-bond acceptors (Lipinski definition) is 5. The Morgan fingerprint density at radius 1 is 0.255 bits per heavy atom. The maximum absolute atomic E-state index is 12.4. The van der Waals surface area contributed by atoms with Gasteiger partial charge in [-0.3, -0.25) is 9.59 Å². The fourth-order valence-corrected chi connectivity index (χ4v) is 12.9. The second-order valence-corrected chi connectivity index (χ2v) is 28.5. The maximum Gasteiger partial charge on any atom is 0.306 e. The zero-order valence-corrected chi connectivity index (χ0v) is 63.2. The molecule has 548 valence electrons. The van der Waals surface area contributed by atoms with E-state index in [-0.39, 0.29) is 25.2 Å². The van der Waals surface area contributed by atoms with Crippen molar-refractivity contribution in [3.63, 3.8) is 0 Å². The minimum Gasteiger partial charge on any atom is -0.462 e. The summed E-state index contributed by atoms with van der Waals surface area (Å²) < 4.78 is 10.8. The Kier molecular flexibility index (Phi) is 81.7. The van der Waals surface area contributed by atoms with Crippen molar-refractivity contribution in [1.29, 1.82) is 0 Å². The number of esters is 2. The summed E-state index contributed by atoms with van der Waals surface area (Å²) in [5.74, 6) is -0.564. The standard InChI is InChI=1S/C89H162O5/c1-3-5-7-9-11-13-15-17-19-21-23-25-27-29-31-33-35-37-39-41-43-44-46-48-50-52-54-56-58-60-62-64-66-68-70-72-74-76-78-80-82-84-89(92)94-87(85-90)86-93-88(91)83-81-79-77-75-73-71-69-67-65-63-61-59-57-55-53-51-49-47-45-42-40-38-36-34-32-30-28-26-24-22-20-18-16-14-12-10-8-6-4-2/h5,7,11,13,16-19,22-25,28,30,87,90H,3-4,6,8-10,12,14-15,20-21,26-27,29,31-86H2,1-2H3/b7-5-,13-11-,18-16-,19-17-,24-22-,25-23-,30-28-. The van der Waals surface area contributed by atoms with Gasteiger partial charge in [0.1, 0.15) is 6.61 Å². The maximum atomic E-state index is 12.4. The van der Waals surface area contributed by atoms with Gasteiger partial charge in [-0.05, 0) is 89.9 Å². The number of carbonyl (C=O) groups is 2. The first-order chi connectivity index (χ1) is 46.6. The van der Waals surface area contributed by atoms with E-state index in [4.69, 9.17) is 9.47 Å². The van der Waals surface area contributed by atoms with Crippen LogP contribution in [0.25, 0.3) is 0 Å². The first kappa shape index (κ1) is 91.1. The lowest BCUT2D eigenvalue weighted by atomic mass is 10.0. The molecule has 0 aromatic heterocycles. The third-order valence-corrected chi connectivity index (χ3v) is 19.2. The van der Waals surface area contributed by atoms with E-state index < -0.39 is 6.10 Å². The number of ether oxygens (including phenoxy) is 2. The summed E-state index contributed by atoms with van der Waals surface area (Å²) in [5.41, 5.74) is 0. The summed E-state index contributed by atoms with van der Waals surface area (Å²) in [5, 5.41) is 9.74. The fourth-order valence-electron chi connectivity index (χ4n) is 12.9. The van der Waals surface area contributed by atoms with Crippen LogP contribution in [0.4, 0.5) is 0 Å². The van der Waals surface area contributed by atoms with Crippen LogP contribution < -0.4 is 0 Å². The first-order valence-corrected chi connectivity index (χ1v) is 42.1. The summed E-state index contributed by atoms with van der Waals surface area (Å²) in [6, 6.07) is 0. The van der Waals surface area contributed by atoms with Crippen molar-refractivity contribution in [3.8, 4) is 0 Å². The van der Waals surface area contributed by atoms with Crippen LogP contribution >= 0.6 is 0 Å². The third-order valence-electron chi connectivity index (χ3n) is 19.2. The van der Waals surface area contributed by atoms with Crippen LogP contribution in [0.15, 0.2) is 85.1 Å². The highest BCUT2D eigenvalue weighted by atomic mass is 16.6. The van der Waals surface area contributed by atoms with E-state index in [1.807, 2.05) is 0 Å². The lowest BCUT2D eigenvalue weighted by Crippen LogP contribution is -2.28. The van der Waals surface area contributed by atoms with E-state index in [0.717, 1.165) is 77.0 Å². The SMILES string of the molecule is CC/C=C\C/C=C\C/C=C\C/C=C\CCCCCCCCCCCCCCCCCCCCCCCCCCCCCCC(=O)OC(CO)COC(=O)CCCCCCCCCCCCCCCCCCCCCCCCCC/C=C\C/C=C\C/C=C\CCCCCCC. The van der Waals surface area contributed by atoms with Crippen molar-refractivity contribution in [2.24, 2.45) is 0 Å². The van der Waals surface area contributed by atoms with Crippen LogP contribution in [0.2, 0.25) is 0 Å². The minimum atomic E-state index is -0.772. The number of aliphatic hydroxyl groups is 1. The molecule has 0 aliphatic rings. The van der Waals surface area contributed by atoms with Gasteiger partial charge in [0.25, 0.3) is 0 Å². The number of aliphatic hydroxyl groups excluding tert-OH is 1. The van der Waals surface area contributed by atoms with Crippen molar-refractivity contribution in [3.05, 3.63) is 85.1 Å². The zero-order valence-electron chi connectivity index (χ0n) is 63.2. The monoisotopic (exact) mass is 1310 g/mol. The van der Waals surface area contributed by atoms with Crippen LogP contribution in [0.3, 0.4) is 0 Å². The molecule has 0 fully saturated rings. The van der Waals surface area contributed by atoms with E-state index in [0.29, 0.717) is 12.8 Å². The van der Waals surface area contributed by atoms with Crippen LogP contribution in [-0.4, -0.2) is 36.4 Å². The smallest absolute Gasteiger partial charge is 0.306 e. The van der Waals surface area contributed by atoms with E-state index in [9.17, 15) is 14.7 Å². The van der Waals surface area contributed by atoms with Gasteiger partial charge >= 0.3 is 11.9 Å². The summed E-state index contributed by atoms with van der Waals surface area (Å²) in [6.45, 7) is 4.08. The van der Waals surface area contributed by atoms with Crippen LogP contribution in [0.5, 0.6) is 0 Å². The van der Waals surface area contributed by atoms with E-state index in [1.165, 1.54) is 347 Å². The van der Waals surface area contributed by atoms with Gasteiger partial charge in [-0.2, -0.15) is 0 Å². The highest BCUT2D eigenvalue weighted by molar-refractivity contribution is 5.70. The second kappa shape index (κ2) is 84.3. The topological polar surface area (TPSA) is 72.8 Å². The summed E-state index contributed by atoms with van der Waals surface area (Å²) in [7, 11) is 0. The predicted octanol–water partition coefficient (Wildman–Crippen LogP) is 29.9. The fraction of sp³-hybridized carbons (Fsp3) is 0.820. The third kappa shape index (κ3) is 81.5. The number of unbranched alkanes of at least 4 members (excludes halogenated alkanes) is 57. The normalized spacial score (nSPS) is 12.6. The number of rotatable bonds is 79. The van der Waals surface area contributed by atoms with E-state index in [2.05, 4.69) is 98.9 Å². The molecule has 1 unspecified atom stereocenters. The summed E-state index contributed by atoms with van der Waals surface area (Å²) in [4.78, 5) is 24.8. The molecule has 0 spiro atoms. The second-order valence-electron chi connectivity index (χ2n) is 28.5. The highest BCUT2D eigenvalue weighted by Crippen LogP contribution is 2.20. The summed E-state index contributed by atoms with van der Waals surface area (Å²) in [6.07, 6.45) is 120. The molecule has 0 aliphatic heterocycles. The molecular formula is C89H162O5. The Bertz CT molecular complexity index is 1680. The van der Waals surface area contributed by atoms with Crippen LogP contribution in [0, 0.1) is 0 Å². The first-order valence-electron chi connectivity index (χ1n) is 42.1. The van der Waals surface area contributed by atoms with Gasteiger partial charge in [-0.15, -0.1) is 0 Å². The van der Waals surface area contributed by atoms with Gasteiger partial charge in [-0.1, -0.05) is 433 Å². The van der Waals surface area contributed by atoms with Crippen LogP contribution in [0.1, 0.15) is 450 Å². The molecule has 0 saturated carbocycles. The van der Waals surface area contributed by atoms with Gasteiger partial charge in [0.15, 0.2) is 6.10 Å². The molecule has 0 radical (unpaired) electrons. The molecular weight excluding hydrogens is 1150 g/mol. The van der Waals surface area contributed by atoms with Crippen molar-refractivity contribution in [2.45, 2.75) is 457 Å². The Morgan fingerprint density at radius 2 is 0.457 bits per heavy atom. The molecule has 0 aromatic carbocycles. The van der Waals surface area contributed by atoms with Crippen LogP contribution in [-0.2, 0) is 19.1 Å². The molecule has 0 heterocycles. The molecule has 0 rings (SSSR count). The summed E-state index contributed by atoms with van der Waals surface area (Å²) >= 11 is 0. The van der Waals surface area contributed by atoms with Gasteiger partial charge in [0.2, 0.25) is 0 Å². The Morgan fingerprint density at radius 3 is 0.691 bits per heavy atom. The van der Waals surface area contributed by atoms with E-state index >= 15 is 0 Å². The van der Waals surface area contributed by atoms with Crippen molar-refractivity contribution in [2.75, 3.05) is 13.2 Å². The number of allylic oxidation sites excluding steroid dienone is 14. The van der Waals surface area contributed by atoms with Gasteiger partial charge < -0.3 is 14.6 Å². The van der Waals surface area contributed by atoms with Crippen molar-refractivity contribution < 1.29 is 24.2 Å². The largest absolute Gasteiger partial charge is 0.462 e. The molecule has 1 atom stereocenters. The highest BCUT2D eigenvalue weighted by Gasteiger charge is 2.16. The molecule has 5 heteroatoms. The Labute approximate surface area is 587 Å². The molecule has 5 nitrogen and oxygen atoms in total. The van der Waals surface area contributed by atoms with Crippen molar-refractivity contribution in [1.82, 2.24) is 0 Å². The average Bonchev–Trinajstić information content (AvgIpc) is 3.77. The zero-order chi connectivity index (χ0) is 67.5. The number of hydrogen-bond donors (Lipinski definition) is 1. The van der Waals surface area contributed by atoms with E-state index in [1.54, 1.807) is 0 Å². The van der Waals surface area contributed by atoms with Gasteiger partial charge in [0, 0.05) is 12.8 Å². The molecule has 0 bridgehead atoms. The number of carbonyl (C=O) groups excluding carboxylic acids is 2. The van der Waals surface area contributed by atoms with Crippen molar-refractivity contribution >= 4 is 11.9 Å². The molecule has 0 amide bonds. The minimum absolute atomic E-state index is 0.0602. The molecule has 1 N–H and O–H groups in total. The Hall–Kier alpha value is -2.92. The molecule has 94 heavy (non-hydrogen) atoms. The lowest BCUT2D eigenvalue weighted by Gasteiger charge is -2.15. The Balaban J connectivity index is 3.37.